The highest BCUT2D eigenvalue weighted by Gasteiger charge is 2.40. The first-order valence-electron chi connectivity index (χ1n) is 19.1. The molecule has 0 spiro atoms. The van der Waals surface area contributed by atoms with E-state index < -0.39 is 8.07 Å². The van der Waals surface area contributed by atoms with Crippen molar-refractivity contribution in [2.24, 2.45) is 0 Å². The normalized spacial score (nSPS) is 13.0. The van der Waals surface area contributed by atoms with E-state index >= 15 is 0 Å². The van der Waals surface area contributed by atoms with Gasteiger partial charge >= 0.3 is 0 Å². The number of para-hydroxylation sites is 1. The van der Waals surface area contributed by atoms with E-state index in [1.165, 1.54) is 43.6 Å². The first-order chi connectivity index (χ1) is 27.5. The minimum absolute atomic E-state index is 0.642. The average Bonchev–Trinajstić information content (AvgIpc) is 3.74. The standard InChI is InChI=1S/C51H35N3OSi/c1-56(2)47-20-12-10-18-42(47)44-30-39(29-43(48(44)56)37-25-26-41-40-17-9-11-19-45(40)55-46(41)31-37)51-53-49(33-15-7-4-8-16-33)52-50(54-51)38-24-23-35-27-34(21-22-36(35)28-38)32-13-5-3-6-14-32/h3-31H,1-2H3. The maximum atomic E-state index is 6.43. The maximum absolute atomic E-state index is 6.43. The molecular weight excluding hydrogens is 699 g/mol. The molecule has 56 heavy (non-hydrogen) atoms. The van der Waals surface area contributed by atoms with Gasteiger partial charge in [0, 0.05) is 27.5 Å². The van der Waals surface area contributed by atoms with Crippen molar-refractivity contribution in [3.8, 4) is 67.5 Å². The molecule has 11 rings (SSSR count). The van der Waals surface area contributed by atoms with Gasteiger partial charge in [0.2, 0.25) is 0 Å². The van der Waals surface area contributed by atoms with Gasteiger partial charge in [0.15, 0.2) is 17.5 Å². The Morgan fingerprint density at radius 2 is 0.946 bits per heavy atom. The summed E-state index contributed by atoms with van der Waals surface area (Å²) in [5, 5.41) is 7.44. The van der Waals surface area contributed by atoms with E-state index in [9.17, 15) is 0 Å². The lowest BCUT2D eigenvalue weighted by molar-refractivity contribution is 0.669. The number of hydrogen-bond acceptors (Lipinski definition) is 4. The second-order valence-electron chi connectivity index (χ2n) is 15.2. The van der Waals surface area contributed by atoms with Crippen molar-refractivity contribution in [2.75, 3.05) is 0 Å². The second kappa shape index (κ2) is 12.6. The highest BCUT2D eigenvalue weighted by Crippen LogP contribution is 2.39. The number of benzene rings is 8. The molecule has 0 aliphatic carbocycles. The van der Waals surface area contributed by atoms with Crippen molar-refractivity contribution in [2.45, 2.75) is 13.1 Å². The Balaban J connectivity index is 1.12. The Bertz CT molecular complexity index is 3170. The van der Waals surface area contributed by atoms with Gasteiger partial charge in [-0.1, -0.05) is 147 Å². The van der Waals surface area contributed by atoms with Crippen LogP contribution in [0.5, 0.6) is 0 Å². The van der Waals surface area contributed by atoms with E-state index in [1.807, 2.05) is 30.3 Å². The van der Waals surface area contributed by atoms with Crippen LogP contribution in [0.4, 0.5) is 0 Å². The number of nitrogens with zero attached hydrogens (tertiary/aromatic N) is 3. The summed E-state index contributed by atoms with van der Waals surface area (Å²) in [6.45, 7) is 4.94. The summed E-state index contributed by atoms with van der Waals surface area (Å²) < 4.78 is 6.43. The molecule has 4 nitrogen and oxygen atoms in total. The Kier molecular flexibility index (Phi) is 7.28. The van der Waals surface area contributed by atoms with E-state index in [-0.39, 0.29) is 0 Å². The Morgan fingerprint density at radius 3 is 1.73 bits per heavy atom. The molecule has 0 saturated heterocycles. The Labute approximate surface area is 325 Å². The third kappa shape index (κ3) is 5.23. The number of hydrogen-bond donors (Lipinski definition) is 0. The molecular formula is C51H35N3OSi. The van der Waals surface area contributed by atoms with Crippen LogP contribution in [0, 0.1) is 0 Å². The summed E-state index contributed by atoms with van der Waals surface area (Å²) in [6.07, 6.45) is 0. The van der Waals surface area contributed by atoms with E-state index in [0.29, 0.717) is 17.5 Å². The van der Waals surface area contributed by atoms with Crippen molar-refractivity contribution in [1.29, 1.82) is 0 Å². The van der Waals surface area contributed by atoms with Gasteiger partial charge in [-0.3, -0.25) is 0 Å². The number of fused-ring (bicyclic) bond motifs is 7. The van der Waals surface area contributed by atoms with Crippen LogP contribution in [0.2, 0.25) is 13.1 Å². The lowest BCUT2D eigenvalue weighted by atomic mass is 9.95. The minimum atomic E-state index is -2.09. The third-order valence-corrected chi connectivity index (χ3v) is 15.0. The van der Waals surface area contributed by atoms with Crippen molar-refractivity contribution in [1.82, 2.24) is 15.0 Å². The smallest absolute Gasteiger partial charge is 0.164 e. The molecule has 2 aromatic heterocycles. The van der Waals surface area contributed by atoms with Gasteiger partial charge < -0.3 is 4.42 Å². The van der Waals surface area contributed by atoms with Crippen LogP contribution >= 0.6 is 0 Å². The van der Waals surface area contributed by atoms with Crippen LogP contribution in [0.1, 0.15) is 0 Å². The van der Waals surface area contributed by atoms with E-state index in [4.69, 9.17) is 19.4 Å². The second-order valence-corrected chi connectivity index (χ2v) is 19.5. The molecule has 5 heteroatoms. The summed E-state index contributed by atoms with van der Waals surface area (Å²) >= 11 is 0. The van der Waals surface area contributed by atoms with Crippen molar-refractivity contribution in [3.05, 3.63) is 176 Å². The SMILES string of the molecule is C[Si]1(C)c2ccccc2-c2cc(-c3nc(-c4ccccc4)nc(-c4ccc5cc(-c6ccccc6)ccc5c4)n3)cc(-c3ccc4c(c3)oc3ccccc34)c21. The van der Waals surface area contributed by atoms with Crippen LogP contribution < -0.4 is 10.4 Å². The largest absolute Gasteiger partial charge is 0.456 e. The Morgan fingerprint density at radius 1 is 0.375 bits per heavy atom. The summed E-state index contributed by atoms with van der Waals surface area (Å²) in [7, 11) is -2.09. The fourth-order valence-electron chi connectivity index (χ4n) is 8.72. The number of rotatable bonds is 5. The number of aromatic nitrogens is 3. The topological polar surface area (TPSA) is 51.8 Å². The molecule has 264 valence electrons. The van der Waals surface area contributed by atoms with Crippen LogP contribution in [0.25, 0.3) is 100 Å². The zero-order valence-corrected chi connectivity index (χ0v) is 32.0. The van der Waals surface area contributed by atoms with Gasteiger partial charge in [-0.05, 0) is 97.0 Å². The summed E-state index contributed by atoms with van der Waals surface area (Å²) in [5.41, 5.74) is 11.9. The first kappa shape index (κ1) is 32.5. The fraction of sp³-hybridized carbons (Fsp3) is 0.0392. The zero-order chi connectivity index (χ0) is 37.4. The first-order valence-corrected chi connectivity index (χ1v) is 22.1. The number of furan rings is 1. The van der Waals surface area contributed by atoms with Gasteiger partial charge in [0.05, 0.1) is 0 Å². The lowest BCUT2D eigenvalue weighted by Crippen LogP contribution is -2.50. The molecule has 0 bridgehead atoms. The zero-order valence-electron chi connectivity index (χ0n) is 31.0. The molecule has 0 fully saturated rings. The average molecular weight is 734 g/mol. The van der Waals surface area contributed by atoms with Crippen molar-refractivity contribution < 1.29 is 4.42 Å². The molecule has 0 unspecified atom stereocenters. The highest BCUT2D eigenvalue weighted by atomic mass is 28.3. The molecule has 8 aromatic carbocycles. The molecule has 0 atom stereocenters. The quantitative estimate of drug-likeness (QED) is 0.165. The van der Waals surface area contributed by atoms with Gasteiger partial charge in [0.25, 0.3) is 0 Å². The highest BCUT2D eigenvalue weighted by molar-refractivity contribution is 7.04. The third-order valence-electron chi connectivity index (χ3n) is 11.5. The van der Waals surface area contributed by atoms with E-state index in [0.717, 1.165) is 49.6 Å². The van der Waals surface area contributed by atoms with E-state index in [2.05, 4.69) is 159 Å². The molecule has 1 aliphatic heterocycles. The Hall–Kier alpha value is -6.95. The van der Waals surface area contributed by atoms with Gasteiger partial charge in [-0.25, -0.2) is 15.0 Å². The van der Waals surface area contributed by atoms with Crippen molar-refractivity contribution >= 4 is 51.2 Å². The molecule has 10 aromatic rings. The molecule has 1 aliphatic rings. The van der Waals surface area contributed by atoms with Crippen LogP contribution in [-0.4, -0.2) is 23.0 Å². The lowest BCUT2D eigenvalue weighted by Gasteiger charge is -2.23. The monoisotopic (exact) mass is 733 g/mol. The predicted molar refractivity (Wildman–Crippen MR) is 234 cm³/mol. The van der Waals surface area contributed by atoms with Crippen LogP contribution in [0.15, 0.2) is 180 Å². The molecule has 0 N–H and O–H groups in total. The van der Waals surface area contributed by atoms with Gasteiger partial charge in [0.1, 0.15) is 19.2 Å². The summed E-state index contributed by atoms with van der Waals surface area (Å²) in [4.78, 5) is 15.6. The van der Waals surface area contributed by atoms with Gasteiger partial charge in [-0.15, -0.1) is 0 Å². The molecule has 0 radical (unpaired) electrons. The van der Waals surface area contributed by atoms with Gasteiger partial charge in [-0.2, -0.15) is 0 Å². The minimum Gasteiger partial charge on any atom is -0.456 e. The van der Waals surface area contributed by atoms with Crippen LogP contribution in [-0.2, 0) is 0 Å². The van der Waals surface area contributed by atoms with Crippen LogP contribution in [0.3, 0.4) is 0 Å². The summed E-state index contributed by atoms with van der Waals surface area (Å²) in [6, 6.07) is 62.4. The van der Waals surface area contributed by atoms with Crippen molar-refractivity contribution in [3.63, 3.8) is 0 Å². The van der Waals surface area contributed by atoms with E-state index in [1.54, 1.807) is 0 Å². The maximum Gasteiger partial charge on any atom is 0.164 e. The molecule has 0 amide bonds. The summed E-state index contributed by atoms with van der Waals surface area (Å²) in [5.74, 6) is 1.93. The predicted octanol–water partition coefficient (Wildman–Crippen LogP) is 12.1. The fourth-order valence-corrected chi connectivity index (χ4v) is 12.2. The molecule has 0 saturated carbocycles. The molecule has 3 heterocycles.